The summed E-state index contributed by atoms with van der Waals surface area (Å²) >= 11 is 3.57. The topological polar surface area (TPSA) is 74.7 Å². The zero-order valence-corrected chi connectivity index (χ0v) is 23.2. The van der Waals surface area contributed by atoms with E-state index in [1.54, 1.807) is 0 Å². The van der Waals surface area contributed by atoms with Gasteiger partial charge >= 0.3 is 0 Å². The van der Waals surface area contributed by atoms with Gasteiger partial charge in [-0.05, 0) is 70.1 Å². The highest BCUT2D eigenvalue weighted by molar-refractivity contribution is 9.10. The third kappa shape index (κ3) is 5.57. The molecule has 0 saturated heterocycles. The zero-order valence-electron chi connectivity index (χ0n) is 21.6. The molecule has 1 unspecified atom stereocenters. The van der Waals surface area contributed by atoms with Gasteiger partial charge in [-0.1, -0.05) is 42.5 Å². The van der Waals surface area contributed by atoms with Crippen LogP contribution in [0.25, 0.3) is 11.0 Å². The highest BCUT2D eigenvalue weighted by Crippen LogP contribution is 2.34. The molecule has 7 nitrogen and oxygen atoms in total. The van der Waals surface area contributed by atoms with Crippen molar-refractivity contribution in [3.8, 4) is 0 Å². The summed E-state index contributed by atoms with van der Waals surface area (Å²) in [6.45, 7) is 3.11. The lowest BCUT2D eigenvalue weighted by Gasteiger charge is -2.34. The van der Waals surface area contributed by atoms with E-state index in [2.05, 4.69) is 90.8 Å². The quantitative estimate of drug-likeness (QED) is 0.234. The number of aromatic amines is 1. The number of hydrogen-bond donors (Lipinski definition) is 2. The predicted molar refractivity (Wildman–Crippen MR) is 153 cm³/mol. The maximum atomic E-state index is 4.89. The van der Waals surface area contributed by atoms with Crippen molar-refractivity contribution in [2.75, 3.05) is 0 Å². The second-order valence-corrected chi connectivity index (χ2v) is 10.9. The lowest BCUT2D eigenvalue weighted by molar-refractivity contribution is 0.153. The maximum Gasteiger partial charge on any atom is 0.121 e. The third-order valence-corrected chi connectivity index (χ3v) is 7.94. The van der Waals surface area contributed by atoms with Crippen molar-refractivity contribution in [1.82, 2.24) is 34.9 Å². The predicted octanol–water partition coefficient (Wildman–Crippen LogP) is 5.82. The van der Waals surface area contributed by atoms with E-state index >= 15 is 0 Å². The molecule has 3 heterocycles. The van der Waals surface area contributed by atoms with Crippen LogP contribution in [0, 0.1) is 0 Å². The second-order valence-electron chi connectivity index (χ2n) is 10.1. The monoisotopic (exact) mass is 569 g/mol. The van der Waals surface area contributed by atoms with Gasteiger partial charge in [-0.3, -0.25) is 14.6 Å². The average Bonchev–Trinajstić information content (AvgIpc) is 3.49. The van der Waals surface area contributed by atoms with Gasteiger partial charge in [0.05, 0.1) is 39.5 Å². The van der Waals surface area contributed by atoms with Gasteiger partial charge < -0.3 is 10.3 Å². The SMILES string of the molecule is Cn1cc(Br)c(CNCc2ccc(CN(Cc3nc4ccccc4[nH]3)C3CCCc4cccnc43)cc2)n1. The van der Waals surface area contributed by atoms with E-state index in [4.69, 9.17) is 9.97 Å². The molecule has 0 fully saturated rings. The lowest BCUT2D eigenvalue weighted by Crippen LogP contribution is -2.31. The van der Waals surface area contributed by atoms with E-state index in [0.29, 0.717) is 0 Å². The van der Waals surface area contributed by atoms with Crippen LogP contribution in [-0.2, 0) is 39.6 Å². The molecular weight excluding hydrogens is 538 g/mol. The number of H-pyrrole nitrogens is 1. The number of nitrogens with one attached hydrogen (secondary N) is 2. The van der Waals surface area contributed by atoms with Crippen molar-refractivity contribution in [1.29, 1.82) is 0 Å². The number of halogens is 1. The Balaban J connectivity index is 1.19. The van der Waals surface area contributed by atoms with Crippen LogP contribution in [0.3, 0.4) is 0 Å². The first kappa shape index (κ1) is 25.0. The van der Waals surface area contributed by atoms with Crippen LogP contribution in [0.2, 0.25) is 0 Å². The summed E-state index contributed by atoms with van der Waals surface area (Å²) in [5.74, 6) is 0.996. The Labute approximate surface area is 231 Å². The summed E-state index contributed by atoms with van der Waals surface area (Å²) in [6.07, 6.45) is 7.30. The summed E-state index contributed by atoms with van der Waals surface area (Å²) in [5.41, 5.74) is 8.26. The smallest absolute Gasteiger partial charge is 0.121 e. The van der Waals surface area contributed by atoms with Crippen LogP contribution in [0.1, 0.15) is 52.8 Å². The van der Waals surface area contributed by atoms with Crippen LogP contribution in [0.15, 0.2) is 77.5 Å². The van der Waals surface area contributed by atoms with Crippen LogP contribution in [0.4, 0.5) is 0 Å². The molecular formula is C30H32BrN7. The van der Waals surface area contributed by atoms with Crippen molar-refractivity contribution in [3.05, 3.63) is 111 Å². The minimum atomic E-state index is 0.270. The Bertz CT molecular complexity index is 1490. The van der Waals surface area contributed by atoms with Crippen LogP contribution in [-0.4, -0.2) is 29.6 Å². The fourth-order valence-corrected chi connectivity index (χ4v) is 5.95. The number of rotatable bonds is 9. The Kier molecular flexibility index (Phi) is 7.35. The van der Waals surface area contributed by atoms with Crippen molar-refractivity contribution in [2.45, 2.75) is 51.5 Å². The molecule has 6 rings (SSSR count). The summed E-state index contributed by atoms with van der Waals surface area (Å²) in [5, 5.41) is 7.99. The minimum Gasteiger partial charge on any atom is -0.341 e. The number of nitrogens with zero attached hydrogens (tertiary/aromatic N) is 5. The number of pyridine rings is 1. The molecule has 0 aliphatic heterocycles. The number of imidazole rings is 1. The molecule has 0 bridgehead atoms. The second kappa shape index (κ2) is 11.2. The van der Waals surface area contributed by atoms with Gasteiger partial charge in [0.25, 0.3) is 0 Å². The highest BCUT2D eigenvalue weighted by atomic mass is 79.9. The molecule has 1 aliphatic carbocycles. The first-order valence-corrected chi connectivity index (χ1v) is 14.0. The molecule has 2 N–H and O–H groups in total. The zero-order chi connectivity index (χ0) is 25.9. The van der Waals surface area contributed by atoms with Gasteiger partial charge in [-0.2, -0.15) is 5.10 Å². The number of hydrogen-bond acceptors (Lipinski definition) is 5. The molecule has 1 aliphatic rings. The Morgan fingerprint density at radius 3 is 2.68 bits per heavy atom. The van der Waals surface area contributed by atoms with E-state index in [1.807, 2.05) is 30.2 Å². The molecule has 194 valence electrons. The average molecular weight is 571 g/mol. The van der Waals surface area contributed by atoms with E-state index in [0.717, 1.165) is 66.0 Å². The van der Waals surface area contributed by atoms with E-state index in [1.165, 1.54) is 28.8 Å². The van der Waals surface area contributed by atoms with Crippen molar-refractivity contribution >= 4 is 27.0 Å². The summed E-state index contributed by atoms with van der Waals surface area (Å²) in [6, 6.07) is 21.8. The molecule has 8 heteroatoms. The molecule has 5 aromatic rings. The first-order chi connectivity index (χ1) is 18.6. The lowest BCUT2D eigenvalue weighted by atomic mass is 9.90. The van der Waals surface area contributed by atoms with Crippen molar-refractivity contribution in [2.24, 2.45) is 7.05 Å². The van der Waals surface area contributed by atoms with Crippen molar-refractivity contribution < 1.29 is 0 Å². The van der Waals surface area contributed by atoms with Gasteiger partial charge in [0.1, 0.15) is 5.82 Å². The fraction of sp³-hybridized carbons (Fsp3) is 0.300. The molecule has 2 aromatic carbocycles. The Morgan fingerprint density at radius 1 is 1.03 bits per heavy atom. The highest BCUT2D eigenvalue weighted by Gasteiger charge is 2.28. The van der Waals surface area contributed by atoms with Crippen LogP contribution in [0.5, 0.6) is 0 Å². The fourth-order valence-electron chi connectivity index (χ4n) is 5.44. The van der Waals surface area contributed by atoms with Gasteiger partial charge in [0.15, 0.2) is 0 Å². The molecule has 0 saturated carbocycles. The number of fused-ring (bicyclic) bond motifs is 2. The molecule has 0 radical (unpaired) electrons. The normalized spacial score (nSPS) is 15.3. The van der Waals surface area contributed by atoms with E-state index < -0.39 is 0 Å². The van der Waals surface area contributed by atoms with Crippen LogP contribution >= 0.6 is 15.9 Å². The number of para-hydroxylation sites is 2. The Hall–Kier alpha value is -3.33. The van der Waals surface area contributed by atoms with Crippen LogP contribution < -0.4 is 5.32 Å². The van der Waals surface area contributed by atoms with Gasteiger partial charge in [-0.15, -0.1) is 0 Å². The van der Waals surface area contributed by atoms with Crippen molar-refractivity contribution in [3.63, 3.8) is 0 Å². The molecule has 3 aromatic heterocycles. The minimum absolute atomic E-state index is 0.270. The number of benzene rings is 2. The molecule has 0 spiro atoms. The van der Waals surface area contributed by atoms with Gasteiger partial charge in [0.2, 0.25) is 0 Å². The van der Waals surface area contributed by atoms with Gasteiger partial charge in [0, 0.05) is 39.1 Å². The van der Waals surface area contributed by atoms with E-state index in [9.17, 15) is 0 Å². The largest absolute Gasteiger partial charge is 0.341 e. The van der Waals surface area contributed by atoms with E-state index in [-0.39, 0.29) is 6.04 Å². The molecule has 38 heavy (non-hydrogen) atoms. The summed E-state index contributed by atoms with van der Waals surface area (Å²) in [7, 11) is 1.94. The third-order valence-electron chi connectivity index (χ3n) is 7.28. The summed E-state index contributed by atoms with van der Waals surface area (Å²) in [4.78, 5) is 15.8. The molecule has 0 amide bonds. The summed E-state index contributed by atoms with van der Waals surface area (Å²) < 4.78 is 2.86. The first-order valence-electron chi connectivity index (χ1n) is 13.2. The standard InChI is InChI=1S/C30H32BrN7/c1-37-19-24(31)27(36-37)17-32-16-21-11-13-22(14-12-21)18-38(20-29-34-25-8-2-3-9-26(25)35-29)28-10-4-6-23-7-5-15-33-30(23)28/h2-3,5,7-9,11-15,19,28,32H,4,6,10,16-18,20H2,1H3,(H,34,35). The number of aryl methyl sites for hydroxylation is 2. The van der Waals surface area contributed by atoms with Gasteiger partial charge in [-0.25, -0.2) is 4.98 Å². The number of aromatic nitrogens is 5. The maximum absolute atomic E-state index is 4.89. The molecule has 1 atom stereocenters. The Morgan fingerprint density at radius 2 is 1.87 bits per heavy atom.